The number of carbonyl (C=O) groups excluding carboxylic acids is 2. The van der Waals surface area contributed by atoms with Crippen LogP contribution in [0.25, 0.3) is 0 Å². The number of ether oxygens (including phenoxy) is 2. The Labute approximate surface area is 172 Å². The number of rotatable bonds is 4. The van der Waals surface area contributed by atoms with E-state index in [1.807, 2.05) is 49.4 Å². The zero-order chi connectivity index (χ0) is 19.4. The number of Topliss-reactive ketones (excluding diaryl/α,β-unsaturated/α-hetero) is 2. The van der Waals surface area contributed by atoms with Gasteiger partial charge in [-0.3, -0.25) is 9.59 Å². The van der Waals surface area contributed by atoms with Crippen molar-refractivity contribution in [2.45, 2.75) is 44.3 Å². The lowest BCUT2D eigenvalue weighted by Crippen LogP contribution is -2.29. The Bertz CT molecular complexity index is 924. The van der Waals surface area contributed by atoms with Crippen molar-refractivity contribution in [3.8, 4) is 11.5 Å². The molecule has 5 rings (SSSR count). The minimum Gasteiger partial charge on any atom is -0.457 e. The topological polar surface area (TPSA) is 52.6 Å². The summed E-state index contributed by atoms with van der Waals surface area (Å²) >= 11 is 3.42. The summed E-state index contributed by atoms with van der Waals surface area (Å²) in [6.07, 6.45) is 2.42. The number of hydrogen-bond acceptors (Lipinski definition) is 4. The minimum atomic E-state index is -0.676. The number of ketones is 2. The lowest BCUT2D eigenvalue weighted by atomic mass is 9.81. The fourth-order valence-corrected chi connectivity index (χ4v) is 5.36. The van der Waals surface area contributed by atoms with Crippen LogP contribution in [0.5, 0.6) is 11.5 Å². The first-order chi connectivity index (χ1) is 13.6. The number of fused-ring (bicyclic) bond motifs is 5. The van der Waals surface area contributed by atoms with Crippen LogP contribution in [0, 0.1) is 11.8 Å². The van der Waals surface area contributed by atoms with Crippen molar-refractivity contribution in [3.05, 3.63) is 58.1 Å². The molecule has 0 radical (unpaired) electrons. The van der Waals surface area contributed by atoms with E-state index < -0.39 is 5.92 Å². The fraction of sp³-hybridized carbons (Fsp3) is 0.391. The van der Waals surface area contributed by atoms with Gasteiger partial charge in [-0.15, -0.1) is 0 Å². The van der Waals surface area contributed by atoms with E-state index in [1.165, 1.54) is 0 Å². The number of halogens is 1. The normalized spacial score (nSPS) is 30.7. The summed E-state index contributed by atoms with van der Waals surface area (Å²) < 4.78 is 12.8. The summed E-state index contributed by atoms with van der Waals surface area (Å²) in [5.41, 5.74) is 1.84. The van der Waals surface area contributed by atoms with E-state index in [0.29, 0.717) is 11.5 Å². The first kappa shape index (κ1) is 18.1. The van der Waals surface area contributed by atoms with Crippen LogP contribution in [0.1, 0.15) is 36.8 Å². The molecule has 2 aliphatic heterocycles. The van der Waals surface area contributed by atoms with E-state index in [4.69, 9.17) is 9.47 Å². The molecule has 0 aromatic heterocycles. The van der Waals surface area contributed by atoms with Crippen LogP contribution in [0.3, 0.4) is 0 Å². The van der Waals surface area contributed by atoms with E-state index in [2.05, 4.69) is 15.9 Å². The van der Waals surface area contributed by atoms with Crippen LogP contribution in [-0.4, -0.2) is 23.8 Å². The fourth-order valence-electron chi connectivity index (χ4n) is 5.10. The van der Waals surface area contributed by atoms with E-state index in [-0.39, 0.29) is 35.6 Å². The average Bonchev–Trinajstić information content (AvgIpc) is 3.37. The van der Waals surface area contributed by atoms with Gasteiger partial charge in [0.25, 0.3) is 0 Å². The Morgan fingerprint density at radius 3 is 2.18 bits per heavy atom. The maximum absolute atomic E-state index is 13.2. The summed E-state index contributed by atoms with van der Waals surface area (Å²) in [6, 6.07) is 13.3. The van der Waals surface area contributed by atoms with Gasteiger partial charge in [-0.2, -0.15) is 0 Å². The SMILES string of the molecule is CCc1ccc(Oc2ccc(Br)cc2)cc1C1C(=O)[C@@H]2[C@H](C1=O)[C@H]1CC[C@@H]2O1. The van der Waals surface area contributed by atoms with Gasteiger partial charge in [0.15, 0.2) is 11.6 Å². The smallest absolute Gasteiger partial charge is 0.154 e. The number of carbonyl (C=O) groups is 2. The molecule has 1 saturated carbocycles. The highest BCUT2D eigenvalue weighted by molar-refractivity contribution is 9.10. The standard InChI is InChI=1S/C23H21BrO4/c1-2-12-3-6-15(27-14-7-4-13(24)5-8-14)11-16(12)19-22(25)20-17-9-10-18(28-17)21(20)23(19)26/h3-8,11,17-21H,2,9-10H2,1H3/t17-,18+,19?,20-,21+. The Morgan fingerprint density at radius 2 is 1.57 bits per heavy atom. The van der Waals surface area contributed by atoms with Crippen LogP contribution in [-0.2, 0) is 20.7 Å². The van der Waals surface area contributed by atoms with Crippen LogP contribution < -0.4 is 4.74 Å². The first-order valence-corrected chi connectivity index (χ1v) is 10.6. The third-order valence-corrected chi connectivity index (χ3v) is 6.89. The van der Waals surface area contributed by atoms with Crippen molar-refractivity contribution in [1.29, 1.82) is 0 Å². The molecule has 144 valence electrons. The van der Waals surface area contributed by atoms with Gasteiger partial charge in [-0.25, -0.2) is 0 Å². The van der Waals surface area contributed by atoms with Crippen molar-refractivity contribution in [2.75, 3.05) is 0 Å². The van der Waals surface area contributed by atoms with Gasteiger partial charge in [0.05, 0.1) is 24.0 Å². The highest BCUT2D eigenvalue weighted by Crippen LogP contribution is 2.52. The molecule has 1 aliphatic carbocycles. The van der Waals surface area contributed by atoms with Gasteiger partial charge in [0.2, 0.25) is 0 Å². The molecule has 4 nitrogen and oxygen atoms in total. The van der Waals surface area contributed by atoms with Crippen molar-refractivity contribution in [1.82, 2.24) is 0 Å². The summed E-state index contributed by atoms with van der Waals surface area (Å²) in [6.45, 7) is 2.05. The van der Waals surface area contributed by atoms with Crippen LogP contribution >= 0.6 is 15.9 Å². The summed E-state index contributed by atoms with van der Waals surface area (Å²) in [5.74, 6) is 0.256. The lowest BCUT2D eigenvalue weighted by molar-refractivity contribution is -0.127. The second-order valence-corrected chi connectivity index (χ2v) is 8.77. The van der Waals surface area contributed by atoms with Crippen LogP contribution in [0.2, 0.25) is 0 Å². The molecule has 2 aromatic carbocycles. The molecule has 28 heavy (non-hydrogen) atoms. The molecule has 0 spiro atoms. The molecule has 5 atom stereocenters. The van der Waals surface area contributed by atoms with Gasteiger partial charge in [0.1, 0.15) is 17.4 Å². The number of hydrogen-bond donors (Lipinski definition) is 0. The largest absolute Gasteiger partial charge is 0.457 e. The molecular weight excluding hydrogens is 420 g/mol. The number of aryl methyl sites for hydroxylation is 1. The highest BCUT2D eigenvalue weighted by Gasteiger charge is 2.63. The van der Waals surface area contributed by atoms with Crippen LogP contribution in [0.4, 0.5) is 0 Å². The van der Waals surface area contributed by atoms with E-state index >= 15 is 0 Å². The van der Waals surface area contributed by atoms with Gasteiger partial charge >= 0.3 is 0 Å². The first-order valence-electron chi connectivity index (χ1n) is 9.86. The zero-order valence-electron chi connectivity index (χ0n) is 15.6. The van der Waals surface area contributed by atoms with E-state index in [1.54, 1.807) is 0 Å². The zero-order valence-corrected chi connectivity index (χ0v) is 17.1. The van der Waals surface area contributed by atoms with Gasteiger partial charge in [-0.1, -0.05) is 28.9 Å². The predicted octanol–water partition coefficient (Wildman–Crippen LogP) is 4.83. The summed E-state index contributed by atoms with van der Waals surface area (Å²) in [7, 11) is 0. The van der Waals surface area contributed by atoms with E-state index in [9.17, 15) is 9.59 Å². The average molecular weight is 441 g/mol. The van der Waals surface area contributed by atoms with Crippen molar-refractivity contribution in [3.63, 3.8) is 0 Å². The maximum atomic E-state index is 13.2. The Hall–Kier alpha value is -1.98. The van der Waals surface area contributed by atoms with Gasteiger partial charge < -0.3 is 9.47 Å². The molecular formula is C23H21BrO4. The molecule has 2 saturated heterocycles. The molecule has 3 fully saturated rings. The van der Waals surface area contributed by atoms with Gasteiger partial charge in [-0.05, 0) is 66.8 Å². The third-order valence-electron chi connectivity index (χ3n) is 6.36. The molecule has 2 heterocycles. The Morgan fingerprint density at radius 1 is 0.964 bits per heavy atom. The van der Waals surface area contributed by atoms with Crippen molar-refractivity contribution >= 4 is 27.5 Å². The minimum absolute atomic E-state index is 0.0395. The van der Waals surface area contributed by atoms with Crippen molar-refractivity contribution in [2.24, 2.45) is 11.8 Å². The second-order valence-electron chi connectivity index (χ2n) is 7.85. The van der Waals surface area contributed by atoms with E-state index in [0.717, 1.165) is 34.9 Å². The van der Waals surface area contributed by atoms with Gasteiger partial charge in [0, 0.05) is 4.47 Å². The van der Waals surface area contributed by atoms with Crippen molar-refractivity contribution < 1.29 is 19.1 Å². The Kier molecular flexibility index (Phi) is 4.40. The highest BCUT2D eigenvalue weighted by atomic mass is 79.9. The second kappa shape index (κ2) is 6.82. The molecule has 0 amide bonds. The summed E-state index contributed by atoms with van der Waals surface area (Å²) in [4.78, 5) is 26.4. The maximum Gasteiger partial charge on any atom is 0.154 e. The number of benzene rings is 2. The lowest BCUT2D eigenvalue weighted by Gasteiger charge is -2.17. The molecule has 1 unspecified atom stereocenters. The summed E-state index contributed by atoms with van der Waals surface area (Å²) in [5, 5.41) is 0. The molecule has 2 bridgehead atoms. The monoisotopic (exact) mass is 440 g/mol. The molecule has 0 N–H and O–H groups in total. The predicted molar refractivity (Wildman–Crippen MR) is 108 cm³/mol. The molecule has 2 aromatic rings. The molecule has 5 heteroatoms. The third kappa shape index (κ3) is 2.75. The molecule has 3 aliphatic rings. The van der Waals surface area contributed by atoms with Crippen LogP contribution in [0.15, 0.2) is 46.9 Å². The quantitative estimate of drug-likeness (QED) is 0.638. The Balaban J connectivity index is 1.49.